The van der Waals surface area contributed by atoms with E-state index < -0.39 is 22.5 Å². The van der Waals surface area contributed by atoms with Crippen LogP contribution >= 0.6 is 0 Å². The highest BCUT2D eigenvalue weighted by Gasteiger charge is 2.35. The van der Waals surface area contributed by atoms with Crippen LogP contribution in [0.1, 0.15) is 63.4 Å². The van der Waals surface area contributed by atoms with Crippen LogP contribution in [-0.4, -0.2) is 62.5 Å². The minimum Gasteiger partial charge on any atom is -0.505 e. The summed E-state index contributed by atoms with van der Waals surface area (Å²) < 4.78 is 26.8. The monoisotopic (exact) mass is 519 g/mol. The molecule has 200 valence electrons. The van der Waals surface area contributed by atoms with Gasteiger partial charge < -0.3 is 20.1 Å². The molecule has 2 rings (SSSR count). The number of ether oxygens (including phenoxy) is 2. The van der Waals surface area contributed by atoms with Gasteiger partial charge in [-0.1, -0.05) is 31.2 Å². The zero-order valence-electron chi connectivity index (χ0n) is 22.3. The van der Waals surface area contributed by atoms with E-state index in [4.69, 9.17) is 15.2 Å². The second kappa shape index (κ2) is 13.6. The number of amides is 2. The first-order valence-corrected chi connectivity index (χ1v) is 13.5. The molecule has 8 nitrogen and oxygen atoms in total. The molecule has 2 N–H and O–H groups in total. The summed E-state index contributed by atoms with van der Waals surface area (Å²) in [5.74, 6) is -0.540. The molecule has 0 bridgehead atoms. The van der Waals surface area contributed by atoms with Crippen molar-refractivity contribution in [1.82, 2.24) is 9.21 Å². The molecule has 0 aromatic heterocycles. The van der Waals surface area contributed by atoms with Crippen molar-refractivity contribution in [2.24, 2.45) is 11.7 Å². The van der Waals surface area contributed by atoms with Gasteiger partial charge in [-0.25, -0.2) is 13.3 Å². The molecule has 0 spiro atoms. The molecule has 2 amide bonds. The van der Waals surface area contributed by atoms with E-state index in [2.05, 4.69) is 0 Å². The Bertz CT molecular complexity index is 955. The van der Waals surface area contributed by atoms with Gasteiger partial charge in [0.1, 0.15) is 16.6 Å². The van der Waals surface area contributed by atoms with E-state index in [1.807, 2.05) is 69.3 Å². The van der Waals surface area contributed by atoms with Crippen LogP contribution < -0.4 is 5.73 Å². The Kier molecular flexibility index (Phi) is 11.2. The first-order chi connectivity index (χ1) is 17.0. The van der Waals surface area contributed by atoms with Gasteiger partial charge in [0.2, 0.25) is 5.91 Å². The van der Waals surface area contributed by atoms with Gasteiger partial charge in [0.05, 0.1) is 18.6 Å². The molecule has 1 aliphatic heterocycles. The van der Waals surface area contributed by atoms with Crippen molar-refractivity contribution < 1.29 is 23.3 Å². The van der Waals surface area contributed by atoms with Crippen molar-refractivity contribution in [1.29, 1.82) is 0 Å². The van der Waals surface area contributed by atoms with Gasteiger partial charge in [0, 0.05) is 31.2 Å². The van der Waals surface area contributed by atoms with E-state index in [-0.39, 0.29) is 23.3 Å². The maximum absolute atomic E-state index is 14.1. The van der Waals surface area contributed by atoms with Gasteiger partial charge in [-0.2, -0.15) is 0 Å². The summed E-state index contributed by atoms with van der Waals surface area (Å²) in [6.45, 7) is 10.9. The van der Waals surface area contributed by atoms with Gasteiger partial charge in [0.15, 0.2) is 0 Å². The van der Waals surface area contributed by atoms with Crippen molar-refractivity contribution in [2.75, 3.05) is 20.2 Å². The molecular weight excluding hydrogens is 478 g/mol. The Labute approximate surface area is 218 Å². The predicted molar refractivity (Wildman–Crippen MR) is 143 cm³/mol. The van der Waals surface area contributed by atoms with Crippen LogP contribution in [0.15, 0.2) is 48.8 Å². The average Bonchev–Trinajstić information content (AvgIpc) is 2.83. The Balaban J connectivity index is 2.37. The van der Waals surface area contributed by atoms with Crippen molar-refractivity contribution in [3.8, 4) is 0 Å². The summed E-state index contributed by atoms with van der Waals surface area (Å²) >= 11 is 0. The molecule has 1 aliphatic rings. The van der Waals surface area contributed by atoms with Crippen LogP contribution in [0.5, 0.6) is 0 Å². The number of nitrogens with zero attached hydrogens (tertiary/aromatic N) is 2. The lowest BCUT2D eigenvalue weighted by molar-refractivity contribution is 0.0154. The van der Waals surface area contributed by atoms with Crippen LogP contribution in [0.3, 0.4) is 0 Å². The largest absolute Gasteiger partial charge is 0.505 e. The molecule has 4 unspecified atom stereocenters. The van der Waals surface area contributed by atoms with Crippen LogP contribution in [0.4, 0.5) is 4.79 Å². The van der Waals surface area contributed by atoms with Gasteiger partial charge in [-0.15, -0.1) is 0 Å². The minimum absolute atomic E-state index is 0.0488. The number of hydrogen-bond acceptors (Lipinski definition) is 5. The van der Waals surface area contributed by atoms with Crippen molar-refractivity contribution in [3.63, 3.8) is 0 Å². The molecular formula is C27H41N3O5S. The normalized spacial score (nSPS) is 19.4. The molecule has 0 radical (unpaired) electrons. The van der Waals surface area contributed by atoms with Crippen LogP contribution in [0.2, 0.25) is 0 Å². The summed E-state index contributed by atoms with van der Waals surface area (Å²) in [5, 5.41) is -0.289. The molecule has 0 aliphatic carbocycles. The molecule has 0 saturated carbocycles. The minimum atomic E-state index is -1.42. The standard InChI is InChI=1S/C27H41N3O5S/c1-7-9-24(20(2)15-17-34-6)36(33)30(18-21-11-13-22(14-12-21)25(28)31)23-10-8-16-29(19-23)26(32)35-27(3,4)5/h7,9,11-15,17,20,23-24H,8,10,16,18-19H2,1-6H3,(H2,28,31)/b9-7-,17-15+. The third kappa shape index (κ3) is 8.78. The quantitative estimate of drug-likeness (QED) is 0.365. The summed E-state index contributed by atoms with van der Waals surface area (Å²) in [6, 6.07) is 6.89. The molecule has 1 saturated heterocycles. The number of nitrogens with two attached hydrogens (primary N) is 1. The Hall–Kier alpha value is -2.65. The fourth-order valence-electron chi connectivity index (χ4n) is 4.06. The molecule has 9 heteroatoms. The van der Waals surface area contributed by atoms with Crippen LogP contribution in [0, 0.1) is 5.92 Å². The lowest BCUT2D eigenvalue weighted by atomic mass is 10.1. The van der Waals surface area contributed by atoms with Crippen molar-refractivity contribution in [2.45, 2.75) is 70.9 Å². The van der Waals surface area contributed by atoms with E-state index in [9.17, 15) is 13.8 Å². The molecule has 1 aromatic carbocycles. The van der Waals surface area contributed by atoms with Gasteiger partial charge >= 0.3 is 6.09 Å². The van der Waals surface area contributed by atoms with Gasteiger partial charge in [-0.3, -0.25) is 4.79 Å². The number of hydrogen-bond donors (Lipinski definition) is 1. The fourth-order valence-corrected chi connectivity index (χ4v) is 5.86. The number of piperidine rings is 1. The summed E-state index contributed by atoms with van der Waals surface area (Å²) in [6.07, 6.45) is 8.60. The fraction of sp³-hybridized carbons (Fsp3) is 0.556. The zero-order valence-corrected chi connectivity index (χ0v) is 23.1. The number of likely N-dealkylation sites (tertiary alicyclic amines) is 1. The maximum Gasteiger partial charge on any atom is 0.410 e. The third-order valence-corrected chi connectivity index (χ3v) is 7.86. The first-order valence-electron chi connectivity index (χ1n) is 12.3. The summed E-state index contributed by atoms with van der Waals surface area (Å²) in [5.41, 5.74) is 6.13. The lowest BCUT2D eigenvalue weighted by Crippen LogP contribution is -2.52. The van der Waals surface area contributed by atoms with E-state index in [0.717, 1.165) is 18.4 Å². The smallest absolute Gasteiger partial charge is 0.410 e. The lowest BCUT2D eigenvalue weighted by Gasteiger charge is -2.40. The molecule has 1 aromatic rings. The van der Waals surface area contributed by atoms with Gasteiger partial charge in [-0.05, 0) is 70.2 Å². The highest BCUT2D eigenvalue weighted by Crippen LogP contribution is 2.26. The Morgan fingerprint density at radius 2 is 1.92 bits per heavy atom. The number of primary amides is 1. The topological polar surface area (TPSA) is 102 Å². The number of allylic oxidation sites excluding steroid dienone is 2. The first kappa shape index (κ1) is 29.6. The Morgan fingerprint density at radius 3 is 2.47 bits per heavy atom. The van der Waals surface area contributed by atoms with E-state index in [0.29, 0.717) is 25.2 Å². The SMILES string of the molecule is C/C=C\C(C(C)/C=C/OC)S(=O)N(Cc1ccc(C(N)=O)cc1)C1CCCN(C(=O)OC(C)(C)C)C1. The molecule has 1 heterocycles. The van der Waals surface area contributed by atoms with Crippen LogP contribution in [-0.2, 0) is 27.0 Å². The predicted octanol–water partition coefficient (Wildman–Crippen LogP) is 4.39. The van der Waals surface area contributed by atoms with Gasteiger partial charge in [0.25, 0.3) is 0 Å². The zero-order chi connectivity index (χ0) is 26.9. The highest BCUT2D eigenvalue weighted by molar-refractivity contribution is 7.83. The van der Waals surface area contributed by atoms with E-state index in [1.165, 1.54) is 0 Å². The second-order valence-electron chi connectivity index (χ2n) is 10.0. The average molecular weight is 520 g/mol. The summed E-state index contributed by atoms with van der Waals surface area (Å²) in [4.78, 5) is 26.0. The van der Waals surface area contributed by atoms with Crippen molar-refractivity contribution in [3.05, 3.63) is 59.9 Å². The molecule has 4 atom stereocenters. The highest BCUT2D eigenvalue weighted by atomic mass is 32.2. The molecule has 1 fully saturated rings. The number of methoxy groups -OCH3 is 1. The maximum atomic E-state index is 14.1. The van der Waals surface area contributed by atoms with Crippen molar-refractivity contribution >= 4 is 23.0 Å². The van der Waals surface area contributed by atoms with E-state index >= 15 is 0 Å². The second-order valence-corrected chi connectivity index (χ2v) is 11.6. The molecule has 36 heavy (non-hydrogen) atoms. The van der Waals surface area contributed by atoms with E-state index in [1.54, 1.807) is 30.4 Å². The number of carbonyl (C=O) groups is 2. The Morgan fingerprint density at radius 1 is 1.25 bits per heavy atom. The third-order valence-electron chi connectivity index (χ3n) is 5.91. The van der Waals surface area contributed by atoms with Crippen LogP contribution in [0.25, 0.3) is 0 Å². The number of rotatable bonds is 10. The summed E-state index contributed by atoms with van der Waals surface area (Å²) in [7, 11) is 0.164. The number of carbonyl (C=O) groups excluding carboxylic acids is 2. The number of benzene rings is 1.